The Balaban J connectivity index is 1.44. The van der Waals surface area contributed by atoms with Crippen molar-refractivity contribution >= 4 is 33.3 Å². The monoisotopic (exact) mass is 403 g/mol. The average molecular weight is 403 g/mol. The Labute approximate surface area is 170 Å². The Morgan fingerprint density at radius 1 is 1.21 bits per heavy atom. The SMILES string of the molecule is N#C[n+]1ccc(COCC(=O)Nc2nc(-c3ccccn3)nc3sccc23)cc1. The molecule has 0 fully saturated rings. The Bertz CT molecular complexity index is 1190. The first-order chi connectivity index (χ1) is 14.2. The zero-order chi connectivity index (χ0) is 20.1. The van der Waals surface area contributed by atoms with Gasteiger partial charge in [0.1, 0.15) is 35.3 Å². The third-order valence-electron chi connectivity index (χ3n) is 3.99. The van der Waals surface area contributed by atoms with Gasteiger partial charge < -0.3 is 10.1 Å². The number of rotatable bonds is 6. The third kappa shape index (κ3) is 4.40. The molecular weight excluding hydrogens is 388 g/mol. The molecule has 0 bridgehead atoms. The van der Waals surface area contributed by atoms with E-state index >= 15 is 0 Å². The highest BCUT2D eigenvalue weighted by Gasteiger charge is 2.13. The van der Waals surface area contributed by atoms with Crippen LogP contribution >= 0.6 is 11.3 Å². The number of nitriles is 1. The van der Waals surface area contributed by atoms with Crippen molar-refractivity contribution in [2.75, 3.05) is 11.9 Å². The molecule has 0 atom stereocenters. The van der Waals surface area contributed by atoms with Crippen LogP contribution in [0.5, 0.6) is 0 Å². The van der Waals surface area contributed by atoms with E-state index in [-0.39, 0.29) is 19.1 Å². The number of amides is 1. The van der Waals surface area contributed by atoms with Crippen molar-refractivity contribution in [3.63, 3.8) is 0 Å². The molecule has 9 heteroatoms. The number of hydrogen-bond donors (Lipinski definition) is 1. The largest absolute Gasteiger partial charge is 0.463 e. The number of anilines is 1. The fraction of sp³-hybridized carbons (Fsp3) is 0.100. The lowest BCUT2D eigenvalue weighted by Crippen LogP contribution is -2.26. The van der Waals surface area contributed by atoms with Crippen LogP contribution in [0.2, 0.25) is 0 Å². The van der Waals surface area contributed by atoms with Crippen LogP contribution in [0.3, 0.4) is 0 Å². The van der Waals surface area contributed by atoms with Gasteiger partial charge in [-0.15, -0.1) is 15.9 Å². The number of fused-ring (bicyclic) bond motifs is 1. The number of carbonyl (C=O) groups excluding carboxylic acids is 1. The molecule has 0 saturated heterocycles. The van der Waals surface area contributed by atoms with E-state index in [1.54, 1.807) is 30.7 Å². The Morgan fingerprint density at radius 2 is 2.07 bits per heavy atom. The van der Waals surface area contributed by atoms with Gasteiger partial charge in [-0.25, -0.2) is 9.97 Å². The van der Waals surface area contributed by atoms with Gasteiger partial charge in [0.15, 0.2) is 11.1 Å². The van der Waals surface area contributed by atoms with Crippen molar-refractivity contribution in [3.8, 4) is 17.7 Å². The maximum absolute atomic E-state index is 12.4. The van der Waals surface area contributed by atoms with Crippen LogP contribution in [0.1, 0.15) is 5.56 Å². The first-order valence-corrected chi connectivity index (χ1v) is 9.55. The van der Waals surface area contributed by atoms with Gasteiger partial charge in [0, 0.05) is 6.20 Å². The van der Waals surface area contributed by atoms with E-state index in [2.05, 4.69) is 20.3 Å². The second kappa shape index (κ2) is 8.52. The number of nitrogens with one attached hydrogen (secondary N) is 1. The fourth-order valence-corrected chi connectivity index (χ4v) is 3.37. The van der Waals surface area contributed by atoms with E-state index in [0.717, 1.165) is 15.8 Å². The molecular formula is C20H15N6O2S+. The van der Waals surface area contributed by atoms with Crippen molar-refractivity contribution in [1.82, 2.24) is 15.0 Å². The molecule has 4 aromatic rings. The number of aromatic nitrogens is 4. The molecule has 0 unspecified atom stereocenters. The maximum atomic E-state index is 12.4. The standard InChI is InChI=1S/C20H14N6O2S/c21-13-26-8-4-14(5-9-26)11-28-12-17(27)23-18-15-6-10-29-20(15)25-19(24-18)16-3-1-2-7-22-16/h1-10H,11-12H2/p+1. The summed E-state index contributed by atoms with van der Waals surface area (Å²) in [4.78, 5) is 26.4. The first-order valence-electron chi connectivity index (χ1n) is 8.67. The van der Waals surface area contributed by atoms with Crippen molar-refractivity contribution in [2.24, 2.45) is 0 Å². The van der Waals surface area contributed by atoms with E-state index in [0.29, 0.717) is 17.3 Å². The predicted octanol–water partition coefficient (Wildman–Crippen LogP) is 2.53. The minimum absolute atomic E-state index is 0.123. The van der Waals surface area contributed by atoms with E-state index in [1.807, 2.05) is 35.8 Å². The van der Waals surface area contributed by atoms with E-state index < -0.39 is 0 Å². The van der Waals surface area contributed by atoms with Crippen LogP contribution in [-0.2, 0) is 16.1 Å². The van der Waals surface area contributed by atoms with E-state index in [9.17, 15) is 4.79 Å². The van der Waals surface area contributed by atoms with Gasteiger partial charge in [0.2, 0.25) is 0 Å². The molecule has 1 N–H and O–H groups in total. The van der Waals surface area contributed by atoms with Crippen molar-refractivity contribution in [3.05, 3.63) is 65.9 Å². The van der Waals surface area contributed by atoms with Crippen molar-refractivity contribution < 1.29 is 14.1 Å². The molecule has 29 heavy (non-hydrogen) atoms. The Hall–Kier alpha value is -3.74. The zero-order valence-electron chi connectivity index (χ0n) is 15.1. The fourth-order valence-electron chi connectivity index (χ4n) is 2.61. The van der Waals surface area contributed by atoms with Gasteiger partial charge in [-0.2, -0.15) is 0 Å². The van der Waals surface area contributed by atoms with Crippen LogP contribution in [0.4, 0.5) is 5.82 Å². The molecule has 4 aromatic heterocycles. The van der Waals surface area contributed by atoms with E-state index in [4.69, 9.17) is 10.00 Å². The molecule has 0 aliphatic heterocycles. The molecule has 1 amide bonds. The van der Waals surface area contributed by atoms with Gasteiger partial charge >= 0.3 is 6.19 Å². The van der Waals surface area contributed by atoms with Gasteiger partial charge in [-0.3, -0.25) is 9.78 Å². The molecule has 142 valence electrons. The van der Waals surface area contributed by atoms with Crippen LogP contribution in [-0.4, -0.2) is 27.5 Å². The quantitative estimate of drug-likeness (QED) is 0.496. The van der Waals surface area contributed by atoms with Gasteiger partial charge in [-0.1, -0.05) is 6.07 Å². The minimum atomic E-state index is -0.314. The minimum Gasteiger partial charge on any atom is -0.367 e. The summed E-state index contributed by atoms with van der Waals surface area (Å²) in [6, 6.07) is 10.9. The van der Waals surface area contributed by atoms with Crippen molar-refractivity contribution in [2.45, 2.75) is 6.61 Å². The van der Waals surface area contributed by atoms with Crippen LogP contribution in [0.25, 0.3) is 21.7 Å². The second-order valence-electron chi connectivity index (χ2n) is 6.00. The zero-order valence-corrected chi connectivity index (χ0v) is 16.0. The molecule has 0 aliphatic carbocycles. The highest BCUT2D eigenvalue weighted by molar-refractivity contribution is 7.16. The van der Waals surface area contributed by atoms with Crippen LogP contribution in [0.15, 0.2) is 60.4 Å². The normalized spacial score (nSPS) is 10.6. The Kier molecular flexibility index (Phi) is 5.47. The molecule has 0 saturated carbocycles. The lowest BCUT2D eigenvalue weighted by Gasteiger charge is -2.08. The van der Waals surface area contributed by atoms with Crippen molar-refractivity contribution in [1.29, 1.82) is 5.26 Å². The number of nitrogens with zero attached hydrogens (tertiary/aromatic N) is 5. The predicted molar refractivity (Wildman–Crippen MR) is 107 cm³/mol. The van der Waals surface area contributed by atoms with Crippen LogP contribution in [0, 0.1) is 11.5 Å². The summed E-state index contributed by atoms with van der Waals surface area (Å²) < 4.78 is 6.85. The molecule has 0 spiro atoms. The highest BCUT2D eigenvalue weighted by atomic mass is 32.1. The summed E-state index contributed by atoms with van der Waals surface area (Å²) in [6.45, 7) is 0.137. The summed E-state index contributed by atoms with van der Waals surface area (Å²) >= 11 is 1.47. The number of ether oxygens (including phenoxy) is 1. The lowest BCUT2D eigenvalue weighted by molar-refractivity contribution is -0.586. The van der Waals surface area contributed by atoms with E-state index in [1.165, 1.54) is 15.9 Å². The smallest absolute Gasteiger partial charge is 0.367 e. The molecule has 4 rings (SSSR count). The van der Waals surface area contributed by atoms with Gasteiger partial charge in [0.25, 0.3) is 5.91 Å². The summed E-state index contributed by atoms with van der Waals surface area (Å²) in [5, 5.41) is 14.3. The summed E-state index contributed by atoms with van der Waals surface area (Å²) in [5.41, 5.74) is 1.50. The summed E-state index contributed by atoms with van der Waals surface area (Å²) in [7, 11) is 0. The number of carbonyl (C=O) groups is 1. The number of thiophene rings is 1. The third-order valence-corrected chi connectivity index (χ3v) is 4.80. The molecule has 0 aliphatic rings. The maximum Gasteiger partial charge on any atom is 0.463 e. The Morgan fingerprint density at radius 3 is 2.83 bits per heavy atom. The number of pyridine rings is 2. The highest BCUT2D eigenvalue weighted by Crippen LogP contribution is 2.27. The second-order valence-corrected chi connectivity index (χ2v) is 6.90. The topological polar surface area (TPSA) is 105 Å². The summed E-state index contributed by atoms with van der Waals surface area (Å²) in [6.07, 6.45) is 6.91. The molecule has 0 aromatic carbocycles. The van der Waals surface area contributed by atoms with Gasteiger partial charge in [0.05, 0.1) is 12.0 Å². The summed E-state index contributed by atoms with van der Waals surface area (Å²) in [5.74, 6) is 0.568. The molecule has 4 heterocycles. The van der Waals surface area contributed by atoms with Gasteiger partial charge in [-0.05, 0) is 41.3 Å². The van der Waals surface area contributed by atoms with Crippen LogP contribution < -0.4 is 9.88 Å². The average Bonchev–Trinajstić information content (AvgIpc) is 3.24. The first kappa shape index (κ1) is 18.6. The number of hydrogen-bond acceptors (Lipinski definition) is 7. The molecule has 0 radical (unpaired) electrons. The molecule has 8 nitrogen and oxygen atoms in total. The lowest BCUT2D eigenvalue weighted by atomic mass is 10.3.